The molecule has 0 spiro atoms. The Kier molecular flexibility index (Phi) is 2.34. The van der Waals surface area contributed by atoms with E-state index in [1.807, 2.05) is 13.8 Å². The van der Waals surface area contributed by atoms with Crippen LogP contribution in [0.5, 0.6) is 0 Å². The Labute approximate surface area is 79.4 Å². The van der Waals surface area contributed by atoms with Crippen LogP contribution in [0.15, 0.2) is 0 Å². The van der Waals surface area contributed by atoms with Gasteiger partial charge in [-0.1, -0.05) is 13.3 Å². The highest BCUT2D eigenvalue weighted by molar-refractivity contribution is 4.84. The van der Waals surface area contributed by atoms with E-state index in [4.69, 9.17) is 14.2 Å². The zero-order valence-corrected chi connectivity index (χ0v) is 8.58. The molecule has 3 heteroatoms. The molecule has 0 unspecified atom stereocenters. The highest BCUT2D eigenvalue weighted by atomic mass is 16.8. The van der Waals surface area contributed by atoms with Gasteiger partial charge in [0.25, 0.3) is 0 Å². The molecular formula is C10H18O3. The average molecular weight is 186 g/mol. The summed E-state index contributed by atoms with van der Waals surface area (Å²) in [6.45, 7) is 6.04. The minimum atomic E-state index is -0.452. The van der Waals surface area contributed by atoms with Gasteiger partial charge in [0, 0.05) is 6.42 Å². The van der Waals surface area contributed by atoms with E-state index in [1.165, 1.54) is 0 Å². The van der Waals surface area contributed by atoms with Crippen LogP contribution in [0.2, 0.25) is 0 Å². The Morgan fingerprint density at radius 1 is 1.31 bits per heavy atom. The normalized spacial score (nSPS) is 42.2. The molecule has 3 atom stereocenters. The fraction of sp³-hybridized carbons (Fsp3) is 1.00. The van der Waals surface area contributed by atoms with E-state index < -0.39 is 5.79 Å². The first-order valence-corrected chi connectivity index (χ1v) is 5.12. The van der Waals surface area contributed by atoms with Crippen molar-refractivity contribution in [2.24, 2.45) is 0 Å². The molecule has 2 fully saturated rings. The van der Waals surface area contributed by atoms with E-state index in [9.17, 15) is 0 Å². The lowest BCUT2D eigenvalue weighted by atomic mass is 10.1. The second kappa shape index (κ2) is 3.23. The lowest BCUT2D eigenvalue weighted by Crippen LogP contribution is -2.24. The second-order valence-electron chi connectivity index (χ2n) is 4.32. The molecule has 0 aromatic carbocycles. The van der Waals surface area contributed by atoms with Crippen LogP contribution in [0.25, 0.3) is 0 Å². The summed E-state index contributed by atoms with van der Waals surface area (Å²) in [4.78, 5) is 0. The van der Waals surface area contributed by atoms with Gasteiger partial charge in [-0.3, -0.25) is 0 Å². The van der Waals surface area contributed by atoms with Crippen LogP contribution in [-0.4, -0.2) is 24.3 Å². The minimum absolute atomic E-state index is 0.119. The summed E-state index contributed by atoms with van der Waals surface area (Å²) >= 11 is 0. The van der Waals surface area contributed by atoms with Gasteiger partial charge in [-0.05, 0) is 20.3 Å². The predicted molar refractivity (Wildman–Crippen MR) is 48.2 cm³/mol. The highest BCUT2D eigenvalue weighted by Crippen LogP contribution is 2.37. The molecule has 0 N–H and O–H groups in total. The van der Waals surface area contributed by atoms with Gasteiger partial charge in [-0.2, -0.15) is 0 Å². The largest absolute Gasteiger partial charge is 0.346 e. The minimum Gasteiger partial charge on any atom is -0.346 e. The van der Waals surface area contributed by atoms with Crippen molar-refractivity contribution in [3.05, 3.63) is 0 Å². The van der Waals surface area contributed by atoms with E-state index in [0.717, 1.165) is 19.3 Å². The Bertz CT molecular complexity index is 175. The maximum atomic E-state index is 5.71. The molecular weight excluding hydrogens is 168 g/mol. The van der Waals surface area contributed by atoms with Crippen molar-refractivity contribution in [2.75, 3.05) is 0 Å². The molecule has 0 aromatic heterocycles. The van der Waals surface area contributed by atoms with Gasteiger partial charge >= 0.3 is 0 Å². The predicted octanol–water partition coefficient (Wildman–Crippen LogP) is 2.05. The molecule has 0 aromatic rings. The van der Waals surface area contributed by atoms with Gasteiger partial charge < -0.3 is 14.2 Å². The fourth-order valence-corrected chi connectivity index (χ4v) is 2.09. The molecule has 2 aliphatic heterocycles. The zero-order valence-electron chi connectivity index (χ0n) is 8.58. The molecule has 13 heavy (non-hydrogen) atoms. The summed E-state index contributed by atoms with van der Waals surface area (Å²) in [6.07, 6.45) is 3.64. The van der Waals surface area contributed by atoms with Gasteiger partial charge in [0.2, 0.25) is 0 Å². The Morgan fingerprint density at radius 3 is 2.69 bits per heavy atom. The summed E-state index contributed by atoms with van der Waals surface area (Å²) in [5, 5.41) is 0. The summed E-state index contributed by atoms with van der Waals surface area (Å²) in [6, 6.07) is 0. The quantitative estimate of drug-likeness (QED) is 0.660. The van der Waals surface area contributed by atoms with Gasteiger partial charge in [-0.15, -0.1) is 0 Å². The van der Waals surface area contributed by atoms with Crippen LogP contribution >= 0.6 is 0 Å². The summed E-state index contributed by atoms with van der Waals surface area (Å²) < 4.78 is 17.0. The smallest absolute Gasteiger partial charge is 0.187 e. The van der Waals surface area contributed by atoms with Crippen LogP contribution in [0.4, 0.5) is 0 Å². The van der Waals surface area contributed by atoms with E-state index >= 15 is 0 Å². The van der Waals surface area contributed by atoms with Gasteiger partial charge in [0.1, 0.15) is 6.10 Å². The molecule has 2 aliphatic rings. The van der Waals surface area contributed by atoms with Crippen LogP contribution in [0.3, 0.4) is 0 Å². The van der Waals surface area contributed by atoms with Gasteiger partial charge in [0.15, 0.2) is 12.1 Å². The second-order valence-corrected chi connectivity index (χ2v) is 4.32. The molecule has 2 heterocycles. The number of rotatable bonds is 2. The van der Waals surface area contributed by atoms with E-state index in [1.54, 1.807) is 0 Å². The van der Waals surface area contributed by atoms with Crippen molar-refractivity contribution in [3.8, 4) is 0 Å². The molecule has 2 rings (SSSR count). The Morgan fingerprint density at radius 2 is 2.08 bits per heavy atom. The monoisotopic (exact) mass is 186 g/mol. The third-order valence-corrected chi connectivity index (χ3v) is 2.57. The standard InChI is InChI=1S/C10H18O3/c1-4-5-7-6-8-9(11-7)13-10(2,3)12-8/h7-9H,4-6H2,1-3H3/t7-,8-,9-/m1/s1. The first kappa shape index (κ1) is 9.44. The third-order valence-electron chi connectivity index (χ3n) is 2.57. The fourth-order valence-electron chi connectivity index (χ4n) is 2.09. The highest BCUT2D eigenvalue weighted by Gasteiger charge is 2.47. The van der Waals surface area contributed by atoms with Gasteiger partial charge in [0.05, 0.1) is 6.10 Å². The van der Waals surface area contributed by atoms with E-state index in [0.29, 0.717) is 6.10 Å². The van der Waals surface area contributed by atoms with Crippen molar-refractivity contribution >= 4 is 0 Å². The molecule has 76 valence electrons. The first-order valence-electron chi connectivity index (χ1n) is 5.12. The third kappa shape index (κ3) is 1.87. The maximum absolute atomic E-state index is 5.71. The Balaban J connectivity index is 1.90. The van der Waals surface area contributed by atoms with Crippen molar-refractivity contribution in [1.29, 1.82) is 0 Å². The van der Waals surface area contributed by atoms with Crippen molar-refractivity contribution < 1.29 is 14.2 Å². The molecule has 0 amide bonds. The van der Waals surface area contributed by atoms with Crippen molar-refractivity contribution in [1.82, 2.24) is 0 Å². The first-order chi connectivity index (χ1) is 6.11. The lowest BCUT2D eigenvalue weighted by Gasteiger charge is -2.20. The Hall–Kier alpha value is -0.120. The van der Waals surface area contributed by atoms with Crippen LogP contribution in [0, 0.1) is 0 Å². The lowest BCUT2D eigenvalue weighted by molar-refractivity contribution is -0.205. The van der Waals surface area contributed by atoms with Gasteiger partial charge in [-0.25, -0.2) is 0 Å². The number of hydrogen-bond acceptors (Lipinski definition) is 3. The topological polar surface area (TPSA) is 27.7 Å². The summed E-state index contributed by atoms with van der Waals surface area (Å²) in [5.41, 5.74) is 0. The molecule has 0 saturated carbocycles. The number of hydrogen-bond donors (Lipinski definition) is 0. The van der Waals surface area contributed by atoms with Crippen LogP contribution in [0.1, 0.15) is 40.0 Å². The van der Waals surface area contributed by atoms with E-state index in [-0.39, 0.29) is 12.4 Å². The number of fused-ring (bicyclic) bond motifs is 1. The molecule has 0 aliphatic carbocycles. The number of ether oxygens (including phenoxy) is 3. The SMILES string of the molecule is CCC[C@@H]1C[C@H]2OC(C)(C)O[C@H]2O1. The molecule has 0 bridgehead atoms. The zero-order chi connectivity index (χ0) is 9.47. The van der Waals surface area contributed by atoms with Crippen molar-refractivity contribution in [2.45, 2.75) is 64.3 Å². The molecule has 2 saturated heterocycles. The molecule has 0 radical (unpaired) electrons. The maximum Gasteiger partial charge on any atom is 0.187 e. The van der Waals surface area contributed by atoms with Crippen molar-refractivity contribution in [3.63, 3.8) is 0 Å². The van der Waals surface area contributed by atoms with Crippen LogP contribution < -0.4 is 0 Å². The summed E-state index contributed by atoms with van der Waals surface area (Å²) in [5.74, 6) is -0.452. The molecule has 3 nitrogen and oxygen atoms in total. The average Bonchev–Trinajstić information content (AvgIpc) is 2.41. The summed E-state index contributed by atoms with van der Waals surface area (Å²) in [7, 11) is 0. The van der Waals surface area contributed by atoms with E-state index in [2.05, 4.69) is 6.92 Å². The van der Waals surface area contributed by atoms with Crippen LogP contribution in [-0.2, 0) is 14.2 Å².